The van der Waals surface area contributed by atoms with Crippen LogP contribution in [-0.2, 0) is 13.0 Å². The van der Waals surface area contributed by atoms with Crippen molar-refractivity contribution in [1.82, 2.24) is 9.88 Å². The topological polar surface area (TPSA) is 83.7 Å². The van der Waals surface area contributed by atoms with E-state index in [9.17, 15) is 9.59 Å². The van der Waals surface area contributed by atoms with E-state index in [1.54, 1.807) is 49.5 Å². The van der Waals surface area contributed by atoms with Crippen LogP contribution in [-0.4, -0.2) is 36.7 Å². The molecule has 0 saturated carbocycles. The average Bonchev–Trinajstić information content (AvgIpc) is 2.87. The van der Waals surface area contributed by atoms with Crippen LogP contribution in [0.1, 0.15) is 11.1 Å². The van der Waals surface area contributed by atoms with Crippen molar-refractivity contribution in [3.05, 3.63) is 100 Å². The van der Waals surface area contributed by atoms with Gasteiger partial charge in [0.1, 0.15) is 11.5 Å². The zero-order valence-electron chi connectivity index (χ0n) is 19.2. The van der Waals surface area contributed by atoms with Crippen LogP contribution in [0.3, 0.4) is 0 Å². The molecule has 0 bridgehead atoms. The van der Waals surface area contributed by atoms with Crippen LogP contribution in [0.25, 0.3) is 10.9 Å². The molecule has 0 aliphatic carbocycles. The molecule has 4 rings (SSSR count). The van der Waals surface area contributed by atoms with Gasteiger partial charge in [0.25, 0.3) is 5.56 Å². The van der Waals surface area contributed by atoms with Crippen molar-refractivity contribution < 1.29 is 14.3 Å². The smallest absolute Gasteiger partial charge is 0.322 e. The Bertz CT molecular complexity index is 1320. The van der Waals surface area contributed by atoms with Gasteiger partial charge in [-0.3, -0.25) is 4.79 Å². The monoisotopic (exact) mass is 457 g/mol. The van der Waals surface area contributed by atoms with Crippen LogP contribution in [0.2, 0.25) is 0 Å². The van der Waals surface area contributed by atoms with Crippen molar-refractivity contribution in [3.63, 3.8) is 0 Å². The molecule has 4 aromatic rings. The Balaban J connectivity index is 1.58. The molecule has 1 heterocycles. The number of carbonyl (C=O) groups excluding carboxylic acids is 1. The third-order valence-electron chi connectivity index (χ3n) is 5.63. The van der Waals surface area contributed by atoms with Crippen LogP contribution >= 0.6 is 0 Å². The summed E-state index contributed by atoms with van der Waals surface area (Å²) in [6.07, 6.45) is 0.666. The van der Waals surface area contributed by atoms with Gasteiger partial charge in [-0.15, -0.1) is 0 Å². The Labute approximate surface area is 197 Å². The third-order valence-corrected chi connectivity index (χ3v) is 5.63. The Morgan fingerprint density at radius 1 is 0.912 bits per heavy atom. The Morgan fingerprint density at radius 3 is 2.32 bits per heavy atom. The number of hydrogen-bond acceptors (Lipinski definition) is 4. The molecule has 0 aliphatic rings. The second-order valence-electron chi connectivity index (χ2n) is 7.89. The van der Waals surface area contributed by atoms with Crippen LogP contribution in [0.15, 0.2) is 83.7 Å². The van der Waals surface area contributed by atoms with Gasteiger partial charge in [0.15, 0.2) is 0 Å². The average molecular weight is 458 g/mol. The molecular weight excluding hydrogens is 430 g/mol. The number of aromatic amines is 1. The van der Waals surface area contributed by atoms with Crippen molar-refractivity contribution >= 4 is 22.6 Å². The molecule has 7 heteroatoms. The largest absolute Gasteiger partial charge is 0.497 e. The van der Waals surface area contributed by atoms with Gasteiger partial charge >= 0.3 is 6.03 Å². The van der Waals surface area contributed by atoms with E-state index in [0.717, 1.165) is 10.9 Å². The number of fused-ring (bicyclic) bond motifs is 1. The highest BCUT2D eigenvalue weighted by Gasteiger charge is 2.17. The molecule has 34 heavy (non-hydrogen) atoms. The molecule has 0 unspecified atom stereocenters. The van der Waals surface area contributed by atoms with E-state index >= 15 is 0 Å². The number of nitrogens with one attached hydrogen (secondary N) is 2. The summed E-state index contributed by atoms with van der Waals surface area (Å²) in [6.45, 7) is 0.623. The molecular formula is C27H27N3O4. The minimum Gasteiger partial charge on any atom is -0.497 e. The number of nitrogens with zero attached hydrogens (tertiary/aromatic N) is 1. The van der Waals surface area contributed by atoms with Gasteiger partial charge < -0.3 is 24.7 Å². The highest BCUT2D eigenvalue weighted by atomic mass is 16.5. The first kappa shape index (κ1) is 22.9. The van der Waals surface area contributed by atoms with E-state index < -0.39 is 0 Å². The van der Waals surface area contributed by atoms with E-state index in [4.69, 9.17) is 9.47 Å². The predicted octanol–water partition coefficient (Wildman–Crippen LogP) is 4.82. The molecule has 3 aromatic carbocycles. The van der Waals surface area contributed by atoms with Crippen molar-refractivity contribution in [2.24, 2.45) is 0 Å². The molecule has 0 radical (unpaired) electrons. The quantitative estimate of drug-likeness (QED) is 0.397. The zero-order chi connectivity index (χ0) is 23.9. The SMILES string of the molecule is COc1ccc(NC(=O)N(CCc2ccccc2)Cc2cc3ccc(OC)cc3[nH]c2=O)cc1. The normalized spacial score (nSPS) is 10.6. The van der Waals surface area contributed by atoms with Gasteiger partial charge in [0, 0.05) is 23.9 Å². The lowest BCUT2D eigenvalue weighted by molar-refractivity contribution is 0.209. The molecule has 0 fully saturated rings. The standard InChI is InChI=1S/C27H27N3O4/c1-33-23-12-9-22(10-13-23)28-27(32)30(15-14-19-6-4-3-5-7-19)18-21-16-20-8-11-24(34-2)17-25(20)29-26(21)31/h3-13,16-17H,14-15,18H2,1-2H3,(H,28,32)(H,29,31). The third kappa shape index (κ3) is 5.56. The maximum absolute atomic E-state index is 13.2. The summed E-state index contributed by atoms with van der Waals surface area (Å²) >= 11 is 0. The maximum Gasteiger partial charge on any atom is 0.322 e. The number of aromatic nitrogens is 1. The highest BCUT2D eigenvalue weighted by Crippen LogP contribution is 2.20. The highest BCUT2D eigenvalue weighted by molar-refractivity contribution is 5.89. The Hall–Kier alpha value is -4.26. The van der Waals surface area contributed by atoms with Crippen LogP contribution in [0, 0.1) is 0 Å². The van der Waals surface area contributed by atoms with Gasteiger partial charge in [-0.2, -0.15) is 0 Å². The number of hydrogen-bond donors (Lipinski definition) is 2. The van der Waals surface area contributed by atoms with Crippen LogP contribution in [0.4, 0.5) is 10.5 Å². The molecule has 1 aromatic heterocycles. The van der Waals surface area contributed by atoms with E-state index in [2.05, 4.69) is 10.3 Å². The van der Waals surface area contributed by atoms with Crippen molar-refractivity contribution in [2.45, 2.75) is 13.0 Å². The van der Waals surface area contributed by atoms with Crippen LogP contribution in [0.5, 0.6) is 11.5 Å². The molecule has 2 N–H and O–H groups in total. The first-order valence-corrected chi connectivity index (χ1v) is 11.0. The summed E-state index contributed by atoms with van der Waals surface area (Å²) in [7, 11) is 3.18. The minimum absolute atomic E-state index is 0.173. The van der Waals surface area contributed by atoms with Gasteiger partial charge in [-0.05, 0) is 59.8 Å². The number of ether oxygens (including phenoxy) is 2. The Morgan fingerprint density at radius 2 is 1.62 bits per heavy atom. The number of anilines is 1. The van der Waals surface area contributed by atoms with E-state index in [0.29, 0.717) is 41.2 Å². The minimum atomic E-state index is -0.282. The summed E-state index contributed by atoms with van der Waals surface area (Å²) in [5, 5.41) is 3.79. The van der Waals surface area contributed by atoms with Gasteiger partial charge in [0.2, 0.25) is 0 Å². The first-order valence-electron chi connectivity index (χ1n) is 11.0. The molecule has 2 amide bonds. The number of H-pyrrole nitrogens is 1. The summed E-state index contributed by atoms with van der Waals surface area (Å²) < 4.78 is 10.4. The summed E-state index contributed by atoms with van der Waals surface area (Å²) in [5.74, 6) is 1.37. The zero-order valence-corrected chi connectivity index (χ0v) is 19.2. The fourth-order valence-electron chi connectivity index (χ4n) is 3.71. The summed E-state index contributed by atoms with van der Waals surface area (Å²) in [6, 6.07) is 24.1. The molecule has 174 valence electrons. The van der Waals surface area contributed by atoms with Gasteiger partial charge in [-0.25, -0.2) is 4.79 Å². The molecule has 0 atom stereocenters. The lowest BCUT2D eigenvalue weighted by atomic mass is 10.1. The van der Waals surface area contributed by atoms with Crippen molar-refractivity contribution in [3.8, 4) is 11.5 Å². The van der Waals surface area contributed by atoms with Gasteiger partial charge in [-0.1, -0.05) is 30.3 Å². The number of benzene rings is 3. The van der Waals surface area contributed by atoms with Gasteiger partial charge in [0.05, 0.1) is 26.3 Å². The second-order valence-corrected chi connectivity index (χ2v) is 7.89. The summed E-state index contributed by atoms with van der Waals surface area (Å²) in [4.78, 5) is 30.6. The van der Waals surface area contributed by atoms with E-state index in [1.807, 2.05) is 48.5 Å². The first-order chi connectivity index (χ1) is 16.6. The molecule has 7 nitrogen and oxygen atoms in total. The number of pyridine rings is 1. The fraction of sp³-hybridized carbons (Fsp3) is 0.185. The predicted molar refractivity (Wildman–Crippen MR) is 134 cm³/mol. The summed E-state index contributed by atoms with van der Waals surface area (Å²) in [5.41, 5.74) is 2.73. The number of methoxy groups -OCH3 is 2. The molecule has 0 spiro atoms. The van der Waals surface area contributed by atoms with E-state index in [-0.39, 0.29) is 18.1 Å². The maximum atomic E-state index is 13.2. The number of urea groups is 1. The van der Waals surface area contributed by atoms with E-state index in [1.165, 1.54) is 0 Å². The van der Waals surface area contributed by atoms with Crippen molar-refractivity contribution in [2.75, 3.05) is 26.1 Å². The number of amides is 2. The number of rotatable bonds is 8. The molecule has 0 aliphatic heterocycles. The van der Waals surface area contributed by atoms with Crippen LogP contribution < -0.4 is 20.3 Å². The lowest BCUT2D eigenvalue weighted by Crippen LogP contribution is -2.37. The fourth-order valence-corrected chi connectivity index (χ4v) is 3.71. The van der Waals surface area contributed by atoms with Crippen molar-refractivity contribution in [1.29, 1.82) is 0 Å². The number of carbonyl (C=O) groups is 1. The Kier molecular flexibility index (Phi) is 7.13. The molecule has 0 saturated heterocycles. The lowest BCUT2D eigenvalue weighted by Gasteiger charge is -2.23. The second kappa shape index (κ2) is 10.6.